The van der Waals surface area contributed by atoms with E-state index in [1.165, 1.54) is 7.11 Å². The zero-order chi connectivity index (χ0) is 8.97. The maximum atomic E-state index is 11.3. The topological polar surface area (TPSA) is 43.4 Å². The number of carbonyl (C=O) groups is 2. The first-order chi connectivity index (χ1) is 5.74. The molecule has 1 fully saturated rings. The molecule has 0 bridgehead atoms. The van der Waals surface area contributed by atoms with Crippen molar-refractivity contribution in [3.8, 4) is 0 Å². The van der Waals surface area contributed by atoms with E-state index in [4.69, 9.17) is 0 Å². The zero-order valence-corrected chi connectivity index (χ0v) is 7.86. The predicted molar refractivity (Wildman–Crippen MR) is 47.1 cm³/mol. The third-order valence-corrected chi connectivity index (χ3v) is 3.09. The van der Waals surface area contributed by atoms with Crippen molar-refractivity contribution in [2.75, 3.05) is 18.6 Å². The van der Waals surface area contributed by atoms with Gasteiger partial charge in [0.15, 0.2) is 0 Å². The van der Waals surface area contributed by atoms with Gasteiger partial charge in [0.05, 0.1) is 7.11 Å². The number of esters is 1. The van der Waals surface area contributed by atoms with E-state index in [1.807, 2.05) is 0 Å². The highest BCUT2D eigenvalue weighted by molar-refractivity contribution is 7.99. The summed E-state index contributed by atoms with van der Waals surface area (Å²) in [5.41, 5.74) is 0. The molecular weight excluding hydrogens is 176 g/mol. The summed E-state index contributed by atoms with van der Waals surface area (Å²) in [5, 5.41) is 0. The number of hydrogen-bond donors (Lipinski definition) is 0. The Morgan fingerprint density at radius 1 is 1.58 bits per heavy atom. The van der Waals surface area contributed by atoms with Gasteiger partial charge in [0.1, 0.15) is 12.2 Å². The van der Waals surface area contributed by atoms with Gasteiger partial charge >= 0.3 is 5.97 Å². The first-order valence-electron chi connectivity index (χ1n) is 3.91. The Hall–Kier alpha value is -0.510. The second-order valence-corrected chi connectivity index (χ2v) is 3.93. The van der Waals surface area contributed by atoms with Crippen LogP contribution in [0.1, 0.15) is 12.8 Å². The number of methoxy groups -OCH3 is 1. The van der Waals surface area contributed by atoms with Crippen LogP contribution in [0.5, 0.6) is 0 Å². The van der Waals surface area contributed by atoms with Crippen LogP contribution >= 0.6 is 11.8 Å². The molecule has 0 aromatic carbocycles. The number of carbonyl (C=O) groups excluding carboxylic acids is 2. The molecule has 3 nitrogen and oxygen atoms in total. The van der Waals surface area contributed by atoms with Crippen LogP contribution in [0.3, 0.4) is 0 Å². The van der Waals surface area contributed by atoms with E-state index in [0.717, 1.165) is 17.9 Å². The number of thioether (sulfide) groups is 1. The summed E-state index contributed by atoms with van der Waals surface area (Å²) < 4.78 is 4.41. The van der Waals surface area contributed by atoms with Crippen LogP contribution in [-0.4, -0.2) is 30.4 Å². The number of rotatable bonds is 3. The average molecular weight is 188 g/mol. The van der Waals surface area contributed by atoms with Crippen molar-refractivity contribution >= 4 is 23.5 Å². The van der Waals surface area contributed by atoms with Gasteiger partial charge in [0.25, 0.3) is 0 Å². The molecule has 1 saturated heterocycles. The Morgan fingerprint density at radius 3 is 2.83 bits per heavy atom. The van der Waals surface area contributed by atoms with Crippen LogP contribution < -0.4 is 0 Å². The van der Waals surface area contributed by atoms with Crippen LogP contribution in [0.25, 0.3) is 0 Å². The van der Waals surface area contributed by atoms with Gasteiger partial charge in [-0.05, 0) is 12.2 Å². The van der Waals surface area contributed by atoms with Crippen LogP contribution in [0.2, 0.25) is 0 Å². The largest absolute Gasteiger partial charge is 0.469 e. The van der Waals surface area contributed by atoms with Crippen molar-refractivity contribution < 1.29 is 14.3 Å². The quantitative estimate of drug-likeness (QED) is 0.487. The van der Waals surface area contributed by atoms with Crippen LogP contribution in [0.4, 0.5) is 0 Å². The fourth-order valence-corrected chi connectivity index (χ4v) is 2.40. The maximum absolute atomic E-state index is 11.3. The third-order valence-electron chi connectivity index (χ3n) is 1.93. The SMILES string of the molecule is COC(=O)CC(=O)C1CCSC1. The summed E-state index contributed by atoms with van der Waals surface area (Å²) in [6.45, 7) is 0. The molecule has 1 rings (SSSR count). The van der Waals surface area contributed by atoms with E-state index in [2.05, 4.69) is 4.74 Å². The molecule has 12 heavy (non-hydrogen) atoms. The van der Waals surface area contributed by atoms with E-state index in [-0.39, 0.29) is 18.1 Å². The molecule has 0 aromatic rings. The smallest absolute Gasteiger partial charge is 0.313 e. The van der Waals surface area contributed by atoms with Crippen molar-refractivity contribution in [2.24, 2.45) is 5.92 Å². The molecule has 0 aromatic heterocycles. The van der Waals surface area contributed by atoms with E-state index in [1.54, 1.807) is 11.8 Å². The molecule has 0 radical (unpaired) electrons. The molecule has 1 atom stereocenters. The molecule has 0 saturated carbocycles. The Balaban J connectivity index is 2.32. The summed E-state index contributed by atoms with van der Waals surface area (Å²) in [6, 6.07) is 0. The lowest BCUT2D eigenvalue weighted by molar-refractivity contribution is -0.144. The normalized spacial score (nSPS) is 22.2. The highest BCUT2D eigenvalue weighted by Crippen LogP contribution is 2.24. The van der Waals surface area contributed by atoms with Gasteiger partial charge in [-0.3, -0.25) is 9.59 Å². The number of ketones is 1. The molecule has 0 amide bonds. The Kier molecular flexibility index (Phi) is 3.59. The van der Waals surface area contributed by atoms with Crippen LogP contribution in [-0.2, 0) is 14.3 Å². The lowest BCUT2D eigenvalue weighted by atomic mass is 10.0. The minimum Gasteiger partial charge on any atom is -0.469 e. The fourth-order valence-electron chi connectivity index (χ4n) is 1.15. The molecule has 1 unspecified atom stereocenters. The molecular formula is C8H12O3S. The van der Waals surface area contributed by atoms with Crippen molar-refractivity contribution in [1.29, 1.82) is 0 Å². The van der Waals surface area contributed by atoms with E-state index in [9.17, 15) is 9.59 Å². The third kappa shape index (κ3) is 2.52. The second kappa shape index (κ2) is 4.50. The monoisotopic (exact) mass is 188 g/mol. The molecule has 1 aliphatic rings. The van der Waals surface area contributed by atoms with Gasteiger partial charge in [-0.15, -0.1) is 0 Å². The maximum Gasteiger partial charge on any atom is 0.313 e. The fraction of sp³-hybridized carbons (Fsp3) is 0.750. The average Bonchev–Trinajstić information content (AvgIpc) is 2.56. The predicted octanol–water partition coefficient (Wildman–Crippen LogP) is 0.872. The number of hydrogen-bond acceptors (Lipinski definition) is 4. The van der Waals surface area contributed by atoms with Gasteiger partial charge in [-0.25, -0.2) is 0 Å². The molecule has 1 heterocycles. The minimum absolute atomic E-state index is 0.0341. The first kappa shape index (κ1) is 9.58. The van der Waals surface area contributed by atoms with Gasteiger partial charge in [0, 0.05) is 11.7 Å². The van der Waals surface area contributed by atoms with E-state index in [0.29, 0.717) is 0 Å². The highest BCUT2D eigenvalue weighted by atomic mass is 32.2. The summed E-state index contributed by atoms with van der Waals surface area (Å²) in [7, 11) is 1.30. The number of Topliss-reactive ketones (excluding diaryl/α,β-unsaturated/α-hetero) is 1. The summed E-state index contributed by atoms with van der Waals surface area (Å²) in [4.78, 5) is 22.0. The molecule has 0 spiro atoms. The summed E-state index contributed by atoms with van der Waals surface area (Å²) >= 11 is 1.77. The molecule has 4 heteroatoms. The lowest BCUT2D eigenvalue weighted by Gasteiger charge is -2.04. The van der Waals surface area contributed by atoms with Crippen LogP contribution in [0, 0.1) is 5.92 Å². The van der Waals surface area contributed by atoms with Crippen molar-refractivity contribution in [1.82, 2.24) is 0 Å². The lowest BCUT2D eigenvalue weighted by Crippen LogP contribution is -2.18. The van der Waals surface area contributed by atoms with Gasteiger partial charge in [0.2, 0.25) is 0 Å². The molecule has 0 aliphatic carbocycles. The second-order valence-electron chi connectivity index (χ2n) is 2.78. The Labute approximate surface area is 75.8 Å². The Bertz CT molecular complexity index is 185. The molecule has 0 N–H and O–H groups in total. The van der Waals surface area contributed by atoms with Crippen molar-refractivity contribution in [3.63, 3.8) is 0 Å². The van der Waals surface area contributed by atoms with Crippen molar-refractivity contribution in [3.05, 3.63) is 0 Å². The van der Waals surface area contributed by atoms with Gasteiger partial charge in [-0.1, -0.05) is 0 Å². The van der Waals surface area contributed by atoms with E-state index < -0.39 is 5.97 Å². The zero-order valence-electron chi connectivity index (χ0n) is 7.04. The molecule has 68 valence electrons. The standard InChI is InChI=1S/C8H12O3S/c1-11-8(10)4-7(9)6-2-3-12-5-6/h6H,2-5H2,1H3. The Morgan fingerprint density at radius 2 is 2.33 bits per heavy atom. The highest BCUT2D eigenvalue weighted by Gasteiger charge is 2.24. The van der Waals surface area contributed by atoms with Crippen molar-refractivity contribution in [2.45, 2.75) is 12.8 Å². The number of ether oxygens (including phenoxy) is 1. The van der Waals surface area contributed by atoms with Gasteiger partial charge < -0.3 is 4.74 Å². The molecule has 1 aliphatic heterocycles. The summed E-state index contributed by atoms with van der Waals surface area (Å²) in [6.07, 6.45) is 0.863. The van der Waals surface area contributed by atoms with Gasteiger partial charge in [-0.2, -0.15) is 11.8 Å². The minimum atomic E-state index is -0.420. The van der Waals surface area contributed by atoms with E-state index >= 15 is 0 Å². The first-order valence-corrected chi connectivity index (χ1v) is 5.06. The summed E-state index contributed by atoms with van der Waals surface area (Å²) in [5.74, 6) is 1.62. The van der Waals surface area contributed by atoms with Crippen LogP contribution in [0.15, 0.2) is 0 Å².